The molecule has 106 valence electrons. The van der Waals surface area contributed by atoms with Crippen LogP contribution in [0.4, 0.5) is 0 Å². The molecule has 0 amide bonds. The van der Waals surface area contributed by atoms with Crippen molar-refractivity contribution in [1.29, 1.82) is 0 Å². The lowest BCUT2D eigenvalue weighted by atomic mass is 10.4. The van der Waals surface area contributed by atoms with Gasteiger partial charge in [-0.3, -0.25) is 0 Å². The molecule has 2 rings (SSSR count). The maximum atomic E-state index is 6.01. The first-order chi connectivity index (χ1) is 9.30. The molecule has 0 radical (unpaired) electrons. The largest absolute Gasteiger partial charge is 0.399 e. The van der Waals surface area contributed by atoms with Crippen LogP contribution in [0.15, 0.2) is 30.3 Å². The van der Waals surface area contributed by atoms with Crippen LogP contribution in [0.1, 0.15) is 13.8 Å². The van der Waals surface area contributed by atoms with Crippen molar-refractivity contribution in [3.8, 4) is 0 Å². The second-order valence-electron chi connectivity index (χ2n) is 4.46. The van der Waals surface area contributed by atoms with Crippen LogP contribution < -0.4 is 5.19 Å². The van der Waals surface area contributed by atoms with E-state index in [1.807, 2.05) is 32.0 Å². The van der Waals surface area contributed by atoms with Gasteiger partial charge in [-0.1, -0.05) is 30.3 Å². The molecule has 0 saturated carbocycles. The van der Waals surface area contributed by atoms with Gasteiger partial charge in [0.1, 0.15) is 6.10 Å². The van der Waals surface area contributed by atoms with Gasteiger partial charge in [0.25, 0.3) is 0 Å². The molecular weight excluding hydrogens is 260 g/mol. The lowest BCUT2D eigenvalue weighted by Gasteiger charge is -2.30. The molecule has 1 aromatic carbocycles. The molecule has 1 aromatic rings. The van der Waals surface area contributed by atoms with E-state index in [2.05, 4.69) is 12.1 Å². The SMILES string of the molecule is CCO[Si](COCC1CO1)(OCC)c1ccccc1. The highest BCUT2D eigenvalue weighted by Gasteiger charge is 2.41. The summed E-state index contributed by atoms with van der Waals surface area (Å²) in [6.07, 6.45) is 0.782. The zero-order valence-corrected chi connectivity index (χ0v) is 12.6. The van der Waals surface area contributed by atoms with Crippen LogP contribution >= 0.6 is 0 Å². The van der Waals surface area contributed by atoms with E-state index in [4.69, 9.17) is 18.3 Å². The Labute approximate surface area is 115 Å². The predicted octanol–water partition coefficient (Wildman–Crippen LogP) is 1.36. The van der Waals surface area contributed by atoms with Gasteiger partial charge < -0.3 is 18.3 Å². The highest BCUT2D eigenvalue weighted by Crippen LogP contribution is 2.13. The number of epoxide rings is 1. The Morgan fingerprint density at radius 2 is 1.79 bits per heavy atom. The van der Waals surface area contributed by atoms with Crippen molar-refractivity contribution in [1.82, 2.24) is 0 Å². The maximum absolute atomic E-state index is 6.01. The molecule has 0 N–H and O–H groups in total. The second kappa shape index (κ2) is 7.16. The van der Waals surface area contributed by atoms with Gasteiger partial charge >= 0.3 is 8.56 Å². The highest BCUT2D eigenvalue weighted by molar-refractivity contribution is 6.81. The first-order valence-corrected chi connectivity index (χ1v) is 8.86. The summed E-state index contributed by atoms with van der Waals surface area (Å²) in [4.78, 5) is 0. The minimum atomic E-state index is -2.49. The monoisotopic (exact) mass is 282 g/mol. The molecule has 5 heteroatoms. The minimum absolute atomic E-state index is 0.269. The lowest BCUT2D eigenvalue weighted by Crippen LogP contribution is -2.58. The number of hydrogen-bond acceptors (Lipinski definition) is 4. The normalized spacial score (nSPS) is 18.5. The molecular formula is C14H22O4Si. The van der Waals surface area contributed by atoms with E-state index in [-0.39, 0.29) is 6.10 Å². The quantitative estimate of drug-likeness (QED) is 0.506. The summed E-state index contributed by atoms with van der Waals surface area (Å²) in [6.45, 7) is 6.68. The molecule has 0 aliphatic carbocycles. The van der Waals surface area contributed by atoms with Crippen LogP contribution in [0.5, 0.6) is 0 Å². The van der Waals surface area contributed by atoms with E-state index < -0.39 is 8.56 Å². The van der Waals surface area contributed by atoms with Gasteiger partial charge in [0.2, 0.25) is 0 Å². The summed E-state index contributed by atoms with van der Waals surface area (Å²) in [5.74, 6) is 0. The van der Waals surface area contributed by atoms with E-state index >= 15 is 0 Å². The molecule has 1 saturated heterocycles. The average molecular weight is 282 g/mol. The molecule has 1 aliphatic rings. The van der Waals surface area contributed by atoms with Crippen molar-refractivity contribution in [3.05, 3.63) is 30.3 Å². The Morgan fingerprint density at radius 1 is 1.16 bits per heavy atom. The Hall–Kier alpha value is -0.723. The molecule has 4 nitrogen and oxygen atoms in total. The Bertz CT molecular complexity index is 361. The minimum Gasteiger partial charge on any atom is -0.390 e. The van der Waals surface area contributed by atoms with Gasteiger partial charge in [-0.05, 0) is 19.0 Å². The summed E-state index contributed by atoms with van der Waals surface area (Å²) >= 11 is 0. The van der Waals surface area contributed by atoms with Crippen molar-refractivity contribution in [2.75, 3.05) is 32.7 Å². The maximum Gasteiger partial charge on any atom is 0.399 e. The standard InChI is InChI=1S/C14H22O4Si/c1-3-17-19(18-4-2,12-15-10-13-11-16-13)14-8-6-5-7-9-14/h5-9,13H,3-4,10-12H2,1-2H3. The summed E-state index contributed by atoms with van der Waals surface area (Å²) in [6, 6.07) is 10.2. The molecule has 0 bridgehead atoms. The van der Waals surface area contributed by atoms with E-state index in [1.165, 1.54) is 0 Å². The molecule has 1 heterocycles. The van der Waals surface area contributed by atoms with Gasteiger partial charge in [0, 0.05) is 13.2 Å². The van der Waals surface area contributed by atoms with Crippen molar-refractivity contribution in [3.63, 3.8) is 0 Å². The smallest absolute Gasteiger partial charge is 0.390 e. The van der Waals surface area contributed by atoms with Crippen molar-refractivity contribution in [2.24, 2.45) is 0 Å². The summed E-state index contributed by atoms with van der Waals surface area (Å²) in [7, 11) is -2.49. The van der Waals surface area contributed by atoms with E-state index in [1.54, 1.807) is 0 Å². The molecule has 1 unspecified atom stereocenters. The third kappa shape index (κ3) is 4.12. The van der Waals surface area contributed by atoms with E-state index in [9.17, 15) is 0 Å². The molecule has 1 aliphatic heterocycles. The van der Waals surface area contributed by atoms with Crippen LogP contribution in [0.2, 0.25) is 0 Å². The van der Waals surface area contributed by atoms with E-state index in [0.29, 0.717) is 26.1 Å². The Kier molecular flexibility index (Phi) is 5.54. The second-order valence-corrected chi connectivity index (χ2v) is 7.40. The third-order valence-corrected chi connectivity index (χ3v) is 6.27. The molecule has 1 atom stereocenters. The van der Waals surface area contributed by atoms with Crippen LogP contribution in [-0.2, 0) is 18.3 Å². The van der Waals surface area contributed by atoms with Gasteiger partial charge in [0.05, 0.1) is 19.4 Å². The molecule has 19 heavy (non-hydrogen) atoms. The zero-order chi connectivity index (χ0) is 13.6. The number of rotatable bonds is 9. The third-order valence-electron chi connectivity index (χ3n) is 2.97. The first-order valence-electron chi connectivity index (χ1n) is 6.83. The van der Waals surface area contributed by atoms with Crippen molar-refractivity contribution >= 4 is 13.7 Å². The molecule has 0 spiro atoms. The van der Waals surface area contributed by atoms with Gasteiger partial charge in [-0.25, -0.2) is 0 Å². The fraction of sp³-hybridized carbons (Fsp3) is 0.571. The fourth-order valence-corrected chi connectivity index (χ4v) is 4.79. The average Bonchev–Trinajstić information content (AvgIpc) is 3.24. The summed E-state index contributed by atoms with van der Waals surface area (Å²) in [5, 5.41) is 1.12. The van der Waals surface area contributed by atoms with Crippen LogP contribution in [0.3, 0.4) is 0 Å². The number of hydrogen-bond donors (Lipinski definition) is 0. The Morgan fingerprint density at radius 3 is 2.32 bits per heavy atom. The Balaban J connectivity index is 2.08. The van der Waals surface area contributed by atoms with Gasteiger partial charge in [-0.2, -0.15) is 0 Å². The van der Waals surface area contributed by atoms with Gasteiger partial charge in [-0.15, -0.1) is 0 Å². The number of ether oxygens (including phenoxy) is 2. The highest BCUT2D eigenvalue weighted by atomic mass is 28.4. The van der Waals surface area contributed by atoms with Crippen molar-refractivity contribution < 1.29 is 18.3 Å². The summed E-state index contributed by atoms with van der Waals surface area (Å²) < 4.78 is 22.9. The fourth-order valence-electron chi connectivity index (χ4n) is 2.02. The molecule has 1 fully saturated rings. The van der Waals surface area contributed by atoms with E-state index in [0.717, 1.165) is 11.8 Å². The van der Waals surface area contributed by atoms with Gasteiger partial charge in [0.15, 0.2) is 0 Å². The number of benzene rings is 1. The van der Waals surface area contributed by atoms with Crippen LogP contribution in [0, 0.1) is 0 Å². The zero-order valence-electron chi connectivity index (χ0n) is 11.6. The molecule has 0 aromatic heterocycles. The van der Waals surface area contributed by atoms with Crippen LogP contribution in [-0.4, -0.2) is 47.3 Å². The summed E-state index contributed by atoms with van der Waals surface area (Å²) in [5.41, 5.74) is 0. The topological polar surface area (TPSA) is 40.2 Å². The van der Waals surface area contributed by atoms with Crippen molar-refractivity contribution in [2.45, 2.75) is 20.0 Å². The first kappa shape index (κ1) is 14.7. The predicted molar refractivity (Wildman–Crippen MR) is 75.6 cm³/mol. The van der Waals surface area contributed by atoms with Crippen LogP contribution in [0.25, 0.3) is 0 Å². The lowest BCUT2D eigenvalue weighted by molar-refractivity contribution is 0.103.